The van der Waals surface area contributed by atoms with Gasteiger partial charge in [0.1, 0.15) is 0 Å². The molecular weight excluding hydrogens is 220 g/mol. The van der Waals surface area contributed by atoms with Crippen molar-refractivity contribution >= 4 is 11.9 Å². The van der Waals surface area contributed by atoms with Gasteiger partial charge in [-0.2, -0.15) is 0 Å². The maximum absolute atomic E-state index is 12.2. The number of aliphatic carboxylic acids is 1. The van der Waals surface area contributed by atoms with Gasteiger partial charge in [0, 0.05) is 6.54 Å². The van der Waals surface area contributed by atoms with Crippen molar-refractivity contribution < 1.29 is 23.5 Å². The zero-order chi connectivity index (χ0) is 12.3. The molecule has 0 aliphatic heterocycles. The molecule has 0 aromatic rings. The molecule has 1 amide bonds. The quantitative estimate of drug-likeness (QED) is 0.752. The van der Waals surface area contributed by atoms with E-state index >= 15 is 0 Å². The van der Waals surface area contributed by atoms with Gasteiger partial charge in [-0.1, -0.05) is 6.92 Å². The van der Waals surface area contributed by atoms with Crippen LogP contribution in [0.15, 0.2) is 0 Å². The number of nitrogens with zero attached hydrogens (tertiary/aromatic N) is 1. The van der Waals surface area contributed by atoms with Gasteiger partial charge in [-0.15, -0.1) is 0 Å². The van der Waals surface area contributed by atoms with Crippen LogP contribution in [-0.2, 0) is 9.59 Å². The van der Waals surface area contributed by atoms with E-state index in [9.17, 15) is 18.4 Å². The molecule has 0 aromatic heterocycles. The van der Waals surface area contributed by atoms with Gasteiger partial charge in [0.05, 0.1) is 18.4 Å². The van der Waals surface area contributed by atoms with Crippen molar-refractivity contribution in [1.82, 2.24) is 4.90 Å². The molecule has 1 rings (SSSR count). The number of alkyl halides is 2. The molecule has 92 valence electrons. The number of hydrogen-bond acceptors (Lipinski definition) is 2. The Hall–Kier alpha value is -1.20. The molecule has 0 aromatic carbocycles. The molecule has 0 saturated heterocycles. The average molecular weight is 235 g/mol. The van der Waals surface area contributed by atoms with E-state index in [2.05, 4.69) is 0 Å². The van der Waals surface area contributed by atoms with Gasteiger partial charge in [0.25, 0.3) is 6.43 Å². The second-order valence-electron chi connectivity index (χ2n) is 3.96. The Morgan fingerprint density at radius 3 is 2.44 bits per heavy atom. The Bertz CT molecular complexity index is 283. The number of carboxylic acids is 1. The monoisotopic (exact) mass is 235 g/mol. The first-order chi connectivity index (χ1) is 7.47. The molecule has 1 aliphatic carbocycles. The SMILES string of the molecule is CCCN(CC(F)F)C(=O)C1CC1C(=O)O. The lowest BCUT2D eigenvalue weighted by molar-refractivity contribution is -0.142. The van der Waals surface area contributed by atoms with Crippen molar-refractivity contribution in [3.8, 4) is 0 Å². The zero-order valence-corrected chi connectivity index (χ0v) is 9.03. The Kier molecular flexibility index (Phi) is 4.20. The maximum atomic E-state index is 12.2. The topological polar surface area (TPSA) is 57.6 Å². The summed E-state index contributed by atoms with van der Waals surface area (Å²) in [6.07, 6.45) is -1.71. The highest BCUT2D eigenvalue weighted by molar-refractivity contribution is 5.89. The Morgan fingerprint density at radius 2 is 2.06 bits per heavy atom. The average Bonchev–Trinajstić information content (AvgIpc) is 2.94. The minimum absolute atomic E-state index is 0.256. The summed E-state index contributed by atoms with van der Waals surface area (Å²) in [5, 5.41) is 8.65. The predicted octanol–water partition coefficient (Wildman–Crippen LogP) is 1.21. The van der Waals surface area contributed by atoms with Crippen molar-refractivity contribution in [2.45, 2.75) is 26.2 Å². The molecule has 16 heavy (non-hydrogen) atoms. The van der Waals surface area contributed by atoms with Crippen LogP contribution < -0.4 is 0 Å². The molecule has 0 heterocycles. The van der Waals surface area contributed by atoms with Crippen molar-refractivity contribution in [2.24, 2.45) is 11.8 Å². The van der Waals surface area contributed by atoms with Gasteiger partial charge < -0.3 is 10.0 Å². The van der Waals surface area contributed by atoms with Crippen LogP contribution in [0.3, 0.4) is 0 Å². The molecule has 2 atom stereocenters. The van der Waals surface area contributed by atoms with Gasteiger partial charge in [0.15, 0.2) is 0 Å². The van der Waals surface area contributed by atoms with Crippen LogP contribution in [0.5, 0.6) is 0 Å². The van der Waals surface area contributed by atoms with Crippen molar-refractivity contribution in [1.29, 1.82) is 0 Å². The van der Waals surface area contributed by atoms with Crippen LogP contribution in [0.1, 0.15) is 19.8 Å². The first-order valence-electron chi connectivity index (χ1n) is 5.27. The predicted molar refractivity (Wildman–Crippen MR) is 52.1 cm³/mol. The minimum atomic E-state index is -2.57. The van der Waals surface area contributed by atoms with Gasteiger partial charge in [0.2, 0.25) is 5.91 Å². The summed E-state index contributed by atoms with van der Waals surface area (Å²) in [4.78, 5) is 23.3. The van der Waals surface area contributed by atoms with Gasteiger partial charge in [-0.05, 0) is 12.8 Å². The summed E-state index contributed by atoms with van der Waals surface area (Å²) in [5.41, 5.74) is 0. The second-order valence-corrected chi connectivity index (χ2v) is 3.96. The minimum Gasteiger partial charge on any atom is -0.481 e. The van der Waals surface area contributed by atoms with Crippen LogP contribution in [0.25, 0.3) is 0 Å². The Balaban J connectivity index is 2.52. The number of carbonyl (C=O) groups excluding carboxylic acids is 1. The first-order valence-corrected chi connectivity index (χ1v) is 5.27. The maximum Gasteiger partial charge on any atom is 0.307 e. The zero-order valence-electron chi connectivity index (χ0n) is 9.03. The molecule has 1 aliphatic rings. The summed E-state index contributed by atoms with van der Waals surface area (Å²) in [6.45, 7) is 1.44. The number of halogens is 2. The number of amides is 1. The molecule has 4 nitrogen and oxygen atoms in total. The lowest BCUT2D eigenvalue weighted by atomic mass is 10.2. The number of carbonyl (C=O) groups is 2. The smallest absolute Gasteiger partial charge is 0.307 e. The van der Waals surface area contributed by atoms with Gasteiger partial charge in [-0.25, -0.2) is 8.78 Å². The van der Waals surface area contributed by atoms with E-state index in [-0.39, 0.29) is 13.0 Å². The van der Waals surface area contributed by atoms with Crippen LogP contribution in [0, 0.1) is 11.8 Å². The molecule has 0 spiro atoms. The van der Waals surface area contributed by atoms with Crippen LogP contribution in [-0.4, -0.2) is 41.4 Å². The van der Waals surface area contributed by atoms with Crippen LogP contribution in [0.2, 0.25) is 0 Å². The number of hydrogen-bond donors (Lipinski definition) is 1. The van der Waals surface area contributed by atoms with E-state index in [1.165, 1.54) is 0 Å². The molecule has 6 heteroatoms. The van der Waals surface area contributed by atoms with E-state index < -0.39 is 36.7 Å². The standard InChI is InChI=1S/C10H15F2NO3/c1-2-3-13(5-8(11)12)9(14)6-4-7(6)10(15)16/h6-8H,2-5H2,1H3,(H,15,16). The Morgan fingerprint density at radius 1 is 1.44 bits per heavy atom. The largest absolute Gasteiger partial charge is 0.481 e. The second kappa shape index (κ2) is 5.23. The van der Waals surface area contributed by atoms with E-state index in [1.807, 2.05) is 0 Å². The van der Waals surface area contributed by atoms with E-state index in [0.717, 1.165) is 4.90 Å². The van der Waals surface area contributed by atoms with Crippen LogP contribution in [0.4, 0.5) is 8.78 Å². The van der Waals surface area contributed by atoms with E-state index in [1.54, 1.807) is 6.92 Å². The van der Waals surface area contributed by atoms with E-state index in [0.29, 0.717) is 6.42 Å². The summed E-state index contributed by atoms with van der Waals surface area (Å²) in [5.74, 6) is -2.74. The fourth-order valence-electron chi connectivity index (χ4n) is 1.70. The summed E-state index contributed by atoms with van der Waals surface area (Å²) < 4.78 is 24.4. The molecule has 1 saturated carbocycles. The normalized spacial score (nSPS) is 23.2. The Labute approximate surface area is 92.2 Å². The molecular formula is C10H15F2NO3. The van der Waals surface area contributed by atoms with Gasteiger partial charge >= 0.3 is 5.97 Å². The lowest BCUT2D eigenvalue weighted by Crippen LogP contribution is -2.37. The molecule has 1 fully saturated rings. The van der Waals surface area contributed by atoms with Crippen molar-refractivity contribution in [3.63, 3.8) is 0 Å². The fraction of sp³-hybridized carbons (Fsp3) is 0.800. The van der Waals surface area contributed by atoms with E-state index in [4.69, 9.17) is 5.11 Å². The highest BCUT2D eigenvalue weighted by atomic mass is 19.3. The molecule has 0 bridgehead atoms. The first kappa shape index (κ1) is 12.9. The van der Waals surface area contributed by atoms with Gasteiger partial charge in [-0.3, -0.25) is 9.59 Å². The molecule has 1 N–H and O–H groups in total. The third kappa shape index (κ3) is 3.15. The third-order valence-electron chi connectivity index (χ3n) is 2.59. The third-order valence-corrected chi connectivity index (χ3v) is 2.59. The molecule has 2 unspecified atom stereocenters. The van der Waals surface area contributed by atoms with Crippen molar-refractivity contribution in [2.75, 3.05) is 13.1 Å². The highest BCUT2D eigenvalue weighted by Crippen LogP contribution is 2.40. The summed E-state index contributed by atoms with van der Waals surface area (Å²) >= 11 is 0. The summed E-state index contributed by atoms with van der Waals surface area (Å²) in [6, 6.07) is 0. The van der Waals surface area contributed by atoms with Crippen LogP contribution >= 0.6 is 0 Å². The number of rotatable bonds is 6. The van der Waals surface area contributed by atoms with Crippen molar-refractivity contribution in [3.05, 3.63) is 0 Å². The summed E-state index contributed by atoms with van der Waals surface area (Å²) in [7, 11) is 0. The molecule has 0 radical (unpaired) electrons. The highest BCUT2D eigenvalue weighted by Gasteiger charge is 2.49. The lowest BCUT2D eigenvalue weighted by Gasteiger charge is -2.21. The number of carboxylic acid groups (broad SMARTS) is 1. The fourth-order valence-corrected chi connectivity index (χ4v) is 1.70.